The van der Waals surface area contributed by atoms with Crippen LogP contribution in [0.5, 0.6) is 0 Å². The Bertz CT molecular complexity index is 496. The molecule has 0 aromatic heterocycles. The van der Waals surface area contributed by atoms with E-state index >= 15 is 0 Å². The zero-order valence-corrected chi connectivity index (χ0v) is 11.3. The highest BCUT2D eigenvalue weighted by Crippen LogP contribution is 2.25. The van der Waals surface area contributed by atoms with Crippen molar-refractivity contribution in [3.8, 4) is 0 Å². The van der Waals surface area contributed by atoms with E-state index in [4.69, 9.17) is 0 Å². The third-order valence-corrected chi connectivity index (χ3v) is 4.82. The molecule has 1 atom stereocenters. The molecular weight excluding hydrogens is 270 g/mol. The summed E-state index contributed by atoms with van der Waals surface area (Å²) in [5, 5.41) is 0. The van der Waals surface area contributed by atoms with Crippen molar-refractivity contribution in [3.05, 3.63) is 29.8 Å². The van der Waals surface area contributed by atoms with Crippen LogP contribution in [-0.2, 0) is 15.6 Å². The average Bonchev–Trinajstić information content (AvgIpc) is 2.42. The highest BCUT2D eigenvalue weighted by atomic mass is 32.2. The monoisotopic (exact) mass is 286 g/mol. The van der Waals surface area contributed by atoms with E-state index in [0.29, 0.717) is 0 Å². The van der Waals surface area contributed by atoms with Crippen LogP contribution in [0.15, 0.2) is 23.1 Å². The van der Waals surface area contributed by atoms with E-state index in [1.807, 2.05) is 0 Å². The molecule has 5 heteroatoms. The zero-order chi connectivity index (χ0) is 13.8. The Balaban J connectivity index is 2.04. The largest absolute Gasteiger partial charge is 0.298 e. The van der Waals surface area contributed by atoms with Crippen LogP contribution in [0.4, 0.5) is 8.78 Å². The lowest BCUT2D eigenvalue weighted by molar-refractivity contribution is -0.121. The van der Waals surface area contributed by atoms with E-state index in [9.17, 15) is 17.8 Å². The Morgan fingerprint density at radius 3 is 2.58 bits per heavy atom. The standard InChI is InChI=1S/C14H16F2O2S/c15-11-6-7-12(16)14(8-11)19(18)9-13(17)10-4-2-1-3-5-10/h6-8,10H,1-5,9H2. The van der Waals surface area contributed by atoms with Crippen LogP contribution in [0.2, 0.25) is 0 Å². The van der Waals surface area contributed by atoms with Gasteiger partial charge in [-0.25, -0.2) is 8.78 Å². The Morgan fingerprint density at radius 1 is 1.21 bits per heavy atom. The van der Waals surface area contributed by atoms with E-state index in [2.05, 4.69) is 0 Å². The van der Waals surface area contributed by atoms with Crippen LogP contribution in [0.25, 0.3) is 0 Å². The maximum absolute atomic E-state index is 13.4. The van der Waals surface area contributed by atoms with Crippen LogP contribution >= 0.6 is 0 Å². The van der Waals surface area contributed by atoms with Gasteiger partial charge in [-0.1, -0.05) is 19.3 Å². The Kier molecular flexibility index (Phi) is 4.80. The predicted molar refractivity (Wildman–Crippen MR) is 69.2 cm³/mol. The van der Waals surface area contributed by atoms with Gasteiger partial charge in [0.15, 0.2) is 0 Å². The normalized spacial score (nSPS) is 18.2. The first kappa shape index (κ1) is 14.3. The van der Waals surface area contributed by atoms with Gasteiger partial charge in [0.25, 0.3) is 0 Å². The highest BCUT2D eigenvalue weighted by molar-refractivity contribution is 7.85. The summed E-state index contributed by atoms with van der Waals surface area (Å²) in [4.78, 5) is 11.8. The number of Topliss-reactive ketones (excluding diaryl/α,β-unsaturated/α-hetero) is 1. The molecule has 1 fully saturated rings. The van der Waals surface area contributed by atoms with Gasteiger partial charge < -0.3 is 0 Å². The number of halogens is 2. The number of carbonyl (C=O) groups is 1. The fourth-order valence-corrected chi connectivity index (χ4v) is 3.58. The number of ketones is 1. The quantitative estimate of drug-likeness (QED) is 0.851. The van der Waals surface area contributed by atoms with Gasteiger partial charge in [0.2, 0.25) is 0 Å². The van der Waals surface area contributed by atoms with Gasteiger partial charge in [-0.3, -0.25) is 9.00 Å². The Hall–Kier alpha value is -1.10. The molecule has 0 bridgehead atoms. The van der Waals surface area contributed by atoms with Crippen LogP contribution < -0.4 is 0 Å². The number of hydrogen-bond acceptors (Lipinski definition) is 2. The summed E-state index contributed by atoms with van der Waals surface area (Å²) in [6.07, 6.45) is 4.80. The first-order valence-electron chi connectivity index (χ1n) is 6.44. The van der Waals surface area contributed by atoms with Gasteiger partial charge in [-0.2, -0.15) is 0 Å². The highest BCUT2D eigenvalue weighted by Gasteiger charge is 2.24. The predicted octanol–water partition coefficient (Wildman–Crippen LogP) is 3.22. The van der Waals surface area contributed by atoms with Gasteiger partial charge in [-0.15, -0.1) is 0 Å². The maximum Gasteiger partial charge on any atom is 0.148 e. The molecule has 1 aromatic carbocycles. The van der Waals surface area contributed by atoms with Gasteiger partial charge in [0.1, 0.15) is 17.4 Å². The van der Waals surface area contributed by atoms with Crippen molar-refractivity contribution in [1.82, 2.24) is 0 Å². The number of carbonyl (C=O) groups excluding carboxylic acids is 1. The maximum atomic E-state index is 13.4. The Labute approximate surface area is 113 Å². The summed E-state index contributed by atoms with van der Waals surface area (Å²) >= 11 is 0. The molecule has 0 N–H and O–H groups in total. The van der Waals surface area contributed by atoms with Crippen LogP contribution in [0.3, 0.4) is 0 Å². The first-order valence-corrected chi connectivity index (χ1v) is 7.76. The summed E-state index contributed by atoms with van der Waals surface area (Å²) in [5.74, 6) is -1.74. The lowest BCUT2D eigenvalue weighted by Crippen LogP contribution is -2.23. The van der Waals surface area contributed by atoms with Crippen molar-refractivity contribution < 1.29 is 17.8 Å². The third kappa shape index (κ3) is 3.69. The van der Waals surface area contributed by atoms with Crippen molar-refractivity contribution in [1.29, 1.82) is 0 Å². The second-order valence-electron chi connectivity index (χ2n) is 4.87. The van der Waals surface area contributed by atoms with Crippen molar-refractivity contribution in [2.45, 2.75) is 37.0 Å². The van der Waals surface area contributed by atoms with Crippen molar-refractivity contribution >= 4 is 16.6 Å². The molecule has 0 saturated heterocycles. The average molecular weight is 286 g/mol. The van der Waals surface area contributed by atoms with Gasteiger partial charge in [0.05, 0.1) is 21.4 Å². The molecule has 1 aliphatic carbocycles. The minimum atomic E-state index is -1.80. The molecule has 1 aliphatic rings. The first-order chi connectivity index (χ1) is 9.08. The summed E-state index contributed by atoms with van der Waals surface area (Å²) in [7, 11) is -1.80. The number of benzene rings is 1. The molecule has 19 heavy (non-hydrogen) atoms. The van der Waals surface area contributed by atoms with E-state index in [-0.39, 0.29) is 22.3 Å². The van der Waals surface area contributed by atoms with Crippen LogP contribution in [-0.4, -0.2) is 15.7 Å². The molecule has 1 aromatic rings. The summed E-state index contributed by atoms with van der Waals surface area (Å²) in [5.41, 5.74) is 0. The number of rotatable bonds is 4. The summed E-state index contributed by atoms with van der Waals surface area (Å²) in [6, 6.07) is 2.81. The van der Waals surface area contributed by atoms with E-state index in [0.717, 1.165) is 50.3 Å². The molecule has 0 heterocycles. The van der Waals surface area contributed by atoms with Crippen molar-refractivity contribution in [2.24, 2.45) is 5.92 Å². The fraction of sp³-hybridized carbons (Fsp3) is 0.500. The minimum absolute atomic E-state index is 0.0608. The van der Waals surface area contributed by atoms with Gasteiger partial charge in [0, 0.05) is 5.92 Å². The van der Waals surface area contributed by atoms with Gasteiger partial charge >= 0.3 is 0 Å². The lowest BCUT2D eigenvalue weighted by atomic mass is 9.87. The second-order valence-corrected chi connectivity index (χ2v) is 6.29. The van der Waals surface area contributed by atoms with E-state index in [1.54, 1.807) is 0 Å². The molecule has 2 rings (SSSR count). The molecule has 0 radical (unpaired) electrons. The summed E-state index contributed by atoms with van der Waals surface area (Å²) in [6.45, 7) is 0. The van der Waals surface area contributed by atoms with E-state index in [1.165, 1.54) is 0 Å². The SMILES string of the molecule is O=C(CS(=O)c1cc(F)ccc1F)C1CCCCC1. The molecule has 2 nitrogen and oxygen atoms in total. The van der Waals surface area contributed by atoms with E-state index < -0.39 is 22.4 Å². The summed E-state index contributed by atoms with van der Waals surface area (Å²) < 4.78 is 38.4. The smallest absolute Gasteiger partial charge is 0.148 e. The molecular formula is C14H16F2O2S. The van der Waals surface area contributed by atoms with Crippen LogP contribution in [0.1, 0.15) is 32.1 Å². The molecule has 0 aliphatic heterocycles. The molecule has 1 saturated carbocycles. The zero-order valence-electron chi connectivity index (χ0n) is 10.5. The number of hydrogen-bond donors (Lipinski definition) is 0. The second kappa shape index (κ2) is 6.37. The van der Waals surface area contributed by atoms with Crippen LogP contribution in [0, 0.1) is 17.6 Å². The molecule has 1 unspecified atom stereocenters. The van der Waals surface area contributed by atoms with Gasteiger partial charge in [-0.05, 0) is 31.0 Å². The molecule has 104 valence electrons. The minimum Gasteiger partial charge on any atom is -0.298 e. The molecule has 0 amide bonds. The van der Waals surface area contributed by atoms with Crippen molar-refractivity contribution in [2.75, 3.05) is 5.75 Å². The topological polar surface area (TPSA) is 34.1 Å². The van der Waals surface area contributed by atoms with Crippen molar-refractivity contribution in [3.63, 3.8) is 0 Å². The Morgan fingerprint density at radius 2 is 1.89 bits per heavy atom. The fourth-order valence-electron chi connectivity index (χ4n) is 2.40. The molecule has 0 spiro atoms. The lowest BCUT2D eigenvalue weighted by Gasteiger charge is -2.19. The third-order valence-electron chi connectivity index (χ3n) is 3.47.